The molecule has 0 unspecified atom stereocenters. The molecule has 3 rings (SSSR count). The summed E-state index contributed by atoms with van der Waals surface area (Å²) in [5.74, 6) is 0.871. The smallest absolute Gasteiger partial charge is 0.262 e. The molecular weight excluding hydrogens is 376 g/mol. The summed E-state index contributed by atoms with van der Waals surface area (Å²) in [6.07, 6.45) is 2.27. The highest BCUT2D eigenvalue weighted by molar-refractivity contribution is 7.92. The zero-order valence-electron chi connectivity index (χ0n) is 14.7. The molecule has 0 aliphatic carbocycles. The van der Waals surface area contributed by atoms with Crippen molar-refractivity contribution in [3.63, 3.8) is 0 Å². The molecule has 6 nitrogen and oxygen atoms in total. The molecule has 1 fully saturated rings. The van der Waals surface area contributed by atoms with Gasteiger partial charge in [-0.15, -0.1) is 0 Å². The van der Waals surface area contributed by atoms with Crippen LogP contribution in [-0.4, -0.2) is 35.7 Å². The molecule has 0 saturated carbocycles. The van der Waals surface area contributed by atoms with Gasteiger partial charge < -0.3 is 14.4 Å². The molecule has 8 heteroatoms. The maximum absolute atomic E-state index is 12.8. The van der Waals surface area contributed by atoms with Crippen molar-refractivity contribution in [2.45, 2.75) is 17.7 Å². The Labute approximate surface area is 158 Å². The summed E-state index contributed by atoms with van der Waals surface area (Å²) in [7, 11) is -0.841. The molecule has 1 saturated heterocycles. The van der Waals surface area contributed by atoms with Crippen molar-refractivity contribution in [3.8, 4) is 11.5 Å². The van der Waals surface area contributed by atoms with Crippen LogP contribution >= 0.6 is 11.6 Å². The Morgan fingerprint density at radius 2 is 1.65 bits per heavy atom. The third-order valence-electron chi connectivity index (χ3n) is 4.33. The zero-order chi connectivity index (χ0) is 18.7. The van der Waals surface area contributed by atoms with E-state index >= 15 is 0 Å². The molecule has 1 heterocycles. The largest absolute Gasteiger partial charge is 0.495 e. The van der Waals surface area contributed by atoms with Gasteiger partial charge in [0.2, 0.25) is 0 Å². The normalized spacial score (nSPS) is 14.3. The van der Waals surface area contributed by atoms with Crippen LogP contribution in [0, 0.1) is 0 Å². The number of methoxy groups -OCH3 is 2. The summed E-state index contributed by atoms with van der Waals surface area (Å²) in [5, 5.41) is 0.230. The van der Waals surface area contributed by atoms with Crippen LogP contribution in [0.4, 0.5) is 11.4 Å². The molecule has 0 aromatic heterocycles. The standard InChI is InChI=1S/C18H21ClN2O4S/c1-24-17-8-6-14(12-15(17)19)26(22,23)20-16-11-13(5-7-18(16)25-2)21-9-3-4-10-21/h5-8,11-12,20H,3-4,9-10H2,1-2H3. The molecular formula is C18H21ClN2O4S. The van der Waals surface area contributed by atoms with Gasteiger partial charge in [0.1, 0.15) is 11.5 Å². The molecule has 1 N–H and O–H groups in total. The van der Waals surface area contributed by atoms with E-state index in [9.17, 15) is 8.42 Å². The Morgan fingerprint density at radius 3 is 2.27 bits per heavy atom. The Morgan fingerprint density at radius 1 is 1.00 bits per heavy atom. The summed E-state index contributed by atoms with van der Waals surface area (Å²) in [5.41, 5.74) is 1.36. The highest BCUT2D eigenvalue weighted by Crippen LogP contribution is 2.34. The van der Waals surface area contributed by atoms with Gasteiger partial charge in [0.05, 0.1) is 29.8 Å². The van der Waals surface area contributed by atoms with Gasteiger partial charge in [-0.3, -0.25) is 4.72 Å². The minimum absolute atomic E-state index is 0.0527. The third kappa shape index (κ3) is 3.83. The van der Waals surface area contributed by atoms with Crippen molar-refractivity contribution >= 4 is 33.0 Å². The van der Waals surface area contributed by atoms with E-state index < -0.39 is 10.0 Å². The molecule has 26 heavy (non-hydrogen) atoms. The molecule has 1 aliphatic heterocycles. The van der Waals surface area contributed by atoms with E-state index in [1.54, 1.807) is 12.1 Å². The van der Waals surface area contributed by atoms with Crippen LogP contribution in [-0.2, 0) is 10.0 Å². The van der Waals surface area contributed by atoms with E-state index in [1.165, 1.54) is 32.4 Å². The number of hydrogen-bond acceptors (Lipinski definition) is 5. The molecule has 2 aromatic carbocycles. The van der Waals surface area contributed by atoms with Crippen molar-refractivity contribution in [2.75, 3.05) is 36.9 Å². The number of nitrogens with zero attached hydrogens (tertiary/aromatic N) is 1. The lowest BCUT2D eigenvalue weighted by Gasteiger charge is -2.20. The quantitative estimate of drug-likeness (QED) is 0.805. The fourth-order valence-electron chi connectivity index (χ4n) is 2.97. The second kappa shape index (κ2) is 7.63. The highest BCUT2D eigenvalue weighted by Gasteiger charge is 2.20. The number of rotatable bonds is 6. The number of nitrogens with one attached hydrogen (secondary N) is 1. The fourth-order valence-corrected chi connectivity index (χ4v) is 4.38. The number of anilines is 2. The maximum atomic E-state index is 12.8. The van der Waals surface area contributed by atoms with Crippen molar-refractivity contribution in [1.82, 2.24) is 0 Å². The summed E-state index contributed by atoms with van der Waals surface area (Å²) >= 11 is 6.06. The monoisotopic (exact) mass is 396 g/mol. The van der Waals surface area contributed by atoms with Gasteiger partial charge in [-0.1, -0.05) is 11.6 Å². The fraction of sp³-hybridized carbons (Fsp3) is 0.333. The van der Waals surface area contributed by atoms with Crippen LogP contribution in [0.3, 0.4) is 0 Å². The lowest BCUT2D eigenvalue weighted by Crippen LogP contribution is -2.18. The first-order chi connectivity index (χ1) is 12.4. The van der Waals surface area contributed by atoms with Crippen molar-refractivity contribution < 1.29 is 17.9 Å². The average Bonchev–Trinajstić information content (AvgIpc) is 3.16. The second-order valence-electron chi connectivity index (χ2n) is 5.98. The first-order valence-corrected chi connectivity index (χ1v) is 10.1. The third-order valence-corrected chi connectivity index (χ3v) is 5.99. The van der Waals surface area contributed by atoms with E-state index in [-0.39, 0.29) is 9.92 Å². The van der Waals surface area contributed by atoms with Crippen LogP contribution in [0.2, 0.25) is 5.02 Å². The first kappa shape index (κ1) is 18.7. The Hall–Kier alpha value is -2.12. The molecule has 140 valence electrons. The topological polar surface area (TPSA) is 67.9 Å². The van der Waals surface area contributed by atoms with Crippen LogP contribution < -0.4 is 19.1 Å². The lowest BCUT2D eigenvalue weighted by molar-refractivity contribution is 0.414. The highest BCUT2D eigenvalue weighted by atomic mass is 35.5. The molecule has 1 aliphatic rings. The van der Waals surface area contributed by atoms with E-state index in [1.807, 2.05) is 6.07 Å². The average molecular weight is 397 g/mol. The van der Waals surface area contributed by atoms with Crippen LogP contribution in [0.5, 0.6) is 11.5 Å². The van der Waals surface area contributed by atoms with Crippen molar-refractivity contribution in [3.05, 3.63) is 41.4 Å². The van der Waals surface area contributed by atoms with E-state index in [0.717, 1.165) is 31.6 Å². The van der Waals surface area contributed by atoms with Crippen molar-refractivity contribution in [1.29, 1.82) is 0 Å². The lowest BCUT2D eigenvalue weighted by atomic mass is 10.2. The van der Waals surface area contributed by atoms with Gasteiger partial charge in [-0.05, 0) is 49.2 Å². The molecule has 2 aromatic rings. The number of benzene rings is 2. The van der Waals surface area contributed by atoms with E-state index in [0.29, 0.717) is 17.2 Å². The Bertz CT molecular complexity index is 896. The first-order valence-electron chi connectivity index (χ1n) is 8.24. The number of halogens is 1. The number of sulfonamides is 1. The van der Waals surface area contributed by atoms with E-state index in [2.05, 4.69) is 9.62 Å². The summed E-state index contributed by atoms with van der Waals surface area (Å²) < 4.78 is 38.5. The summed E-state index contributed by atoms with van der Waals surface area (Å²) in [4.78, 5) is 2.28. The summed E-state index contributed by atoms with van der Waals surface area (Å²) in [6, 6.07) is 9.84. The molecule has 0 amide bonds. The predicted octanol–water partition coefficient (Wildman–Crippen LogP) is 3.76. The predicted molar refractivity (Wildman–Crippen MR) is 103 cm³/mol. The minimum atomic E-state index is -3.82. The summed E-state index contributed by atoms with van der Waals surface area (Å²) in [6.45, 7) is 1.93. The van der Waals surface area contributed by atoms with Gasteiger partial charge in [0.15, 0.2) is 0 Å². The molecule has 0 radical (unpaired) electrons. The van der Waals surface area contributed by atoms with Gasteiger partial charge in [0, 0.05) is 18.8 Å². The molecule has 0 bridgehead atoms. The van der Waals surface area contributed by atoms with Crippen LogP contribution in [0.1, 0.15) is 12.8 Å². The Balaban J connectivity index is 1.93. The van der Waals surface area contributed by atoms with Gasteiger partial charge >= 0.3 is 0 Å². The zero-order valence-corrected chi connectivity index (χ0v) is 16.2. The van der Waals surface area contributed by atoms with Gasteiger partial charge in [0.25, 0.3) is 10.0 Å². The maximum Gasteiger partial charge on any atom is 0.262 e. The Kier molecular flexibility index (Phi) is 5.48. The van der Waals surface area contributed by atoms with E-state index in [4.69, 9.17) is 21.1 Å². The van der Waals surface area contributed by atoms with Crippen molar-refractivity contribution in [2.24, 2.45) is 0 Å². The molecule has 0 atom stereocenters. The van der Waals surface area contributed by atoms with Gasteiger partial charge in [-0.2, -0.15) is 0 Å². The second-order valence-corrected chi connectivity index (χ2v) is 8.07. The number of ether oxygens (including phenoxy) is 2. The van der Waals surface area contributed by atoms with Crippen LogP contribution in [0.15, 0.2) is 41.3 Å². The van der Waals surface area contributed by atoms with Gasteiger partial charge in [-0.25, -0.2) is 8.42 Å². The SMILES string of the molecule is COc1ccc(S(=O)(=O)Nc2cc(N3CCCC3)ccc2OC)cc1Cl. The van der Waals surface area contributed by atoms with Crippen LogP contribution in [0.25, 0.3) is 0 Å². The molecule has 0 spiro atoms. The minimum Gasteiger partial charge on any atom is -0.495 e. The number of hydrogen-bond donors (Lipinski definition) is 1.